The summed E-state index contributed by atoms with van der Waals surface area (Å²) in [4.78, 5) is 30.7. The van der Waals surface area contributed by atoms with Crippen molar-refractivity contribution in [3.05, 3.63) is 27.1 Å². The number of carboxylic acid groups (broad SMARTS) is 1. The Morgan fingerprint density at radius 1 is 1.62 bits per heavy atom. The van der Waals surface area contributed by atoms with Gasteiger partial charge in [0.2, 0.25) is 0 Å². The molecule has 1 aliphatic rings. The summed E-state index contributed by atoms with van der Waals surface area (Å²) >= 11 is 1.33. The van der Waals surface area contributed by atoms with Gasteiger partial charge in [0.25, 0.3) is 5.56 Å². The molecule has 5 nitrogen and oxygen atoms in total. The molecule has 2 aromatic rings. The zero-order chi connectivity index (χ0) is 11.3. The van der Waals surface area contributed by atoms with Crippen LogP contribution in [0.2, 0.25) is 0 Å². The number of aliphatic carboxylic acids is 1. The van der Waals surface area contributed by atoms with E-state index >= 15 is 0 Å². The summed E-state index contributed by atoms with van der Waals surface area (Å²) in [6.45, 7) is 0. The van der Waals surface area contributed by atoms with Gasteiger partial charge in [0.1, 0.15) is 4.83 Å². The van der Waals surface area contributed by atoms with Crippen molar-refractivity contribution in [2.75, 3.05) is 0 Å². The number of thiophene rings is 1. The fourth-order valence-electron chi connectivity index (χ4n) is 2.20. The van der Waals surface area contributed by atoms with Crippen molar-refractivity contribution in [1.82, 2.24) is 9.97 Å². The van der Waals surface area contributed by atoms with Gasteiger partial charge in [-0.15, -0.1) is 11.3 Å². The zero-order valence-electron chi connectivity index (χ0n) is 8.19. The number of hydrogen-bond acceptors (Lipinski definition) is 4. The Bertz CT molecular complexity index is 643. The molecule has 0 bridgehead atoms. The van der Waals surface area contributed by atoms with Crippen molar-refractivity contribution < 1.29 is 9.90 Å². The molecule has 0 spiro atoms. The van der Waals surface area contributed by atoms with E-state index in [1.807, 2.05) is 0 Å². The van der Waals surface area contributed by atoms with E-state index in [0.717, 1.165) is 10.4 Å². The second-order valence-corrected chi connectivity index (χ2v) is 4.82. The molecule has 0 aliphatic heterocycles. The number of aromatic amines is 1. The van der Waals surface area contributed by atoms with Crippen molar-refractivity contribution >= 4 is 27.5 Å². The van der Waals surface area contributed by atoms with E-state index in [1.54, 1.807) is 0 Å². The lowest BCUT2D eigenvalue weighted by Gasteiger charge is -2.00. The molecule has 0 amide bonds. The minimum atomic E-state index is -0.818. The van der Waals surface area contributed by atoms with E-state index in [9.17, 15) is 9.59 Å². The number of aryl methyl sites for hydroxylation is 1. The van der Waals surface area contributed by atoms with E-state index in [0.29, 0.717) is 23.1 Å². The van der Waals surface area contributed by atoms with E-state index < -0.39 is 11.9 Å². The average Bonchev–Trinajstić information content (AvgIpc) is 2.74. The number of nitrogens with one attached hydrogen (secondary N) is 1. The van der Waals surface area contributed by atoms with Gasteiger partial charge in [-0.25, -0.2) is 4.98 Å². The monoisotopic (exact) mass is 236 g/mol. The van der Waals surface area contributed by atoms with Crippen LogP contribution >= 0.6 is 11.3 Å². The summed E-state index contributed by atoms with van der Waals surface area (Å²) in [5.41, 5.74) is 0.704. The van der Waals surface area contributed by atoms with Crippen molar-refractivity contribution in [3.63, 3.8) is 0 Å². The average molecular weight is 236 g/mol. The van der Waals surface area contributed by atoms with Crippen LogP contribution in [0.3, 0.4) is 0 Å². The third-order valence-electron chi connectivity index (χ3n) is 2.92. The highest BCUT2D eigenvalue weighted by molar-refractivity contribution is 7.19. The lowest BCUT2D eigenvalue weighted by atomic mass is 10.1. The highest BCUT2D eigenvalue weighted by Gasteiger charge is 2.33. The molecule has 1 unspecified atom stereocenters. The molecule has 0 aromatic carbocycles. The first-order chi connectivity index (χ1) is 7.68. The van der Waals surface area contributed by atoms with Gasteiger partial charge in [-0.3, -0.25) is 9.59 Å². The minimum absolute atomic E-state index is 0.173. The molecule has 2 heterocycles. The van der Waals surface area contributed by atoms with Crippen LogP contribution in [0.15, 0.2) is 11.1 Å². The maximum absolute atomic E-state index is 11.6. The van der Waals surface area contributed by atoms with E-state index in [2.05, 4.69) is 9.97 Å². The highest BCUT2D eigenvalue weighted by Crippen LogP contribution is 2.41. The standard InChI is InChI=1S/C10H8N2O3S/c13-8-6-4-1-2-5(10(14)15)7(4)16-9(6)12-3-11-8/h3,5H,1-2H2,(H,14,15)(H,11,12,13). The van der Waals surface area contributed by atoms with Crippen LogP contribution < -0.4 is 5.56 Å². The summed E-state index contributed by atoms with van der Waals surface area (Å²) in [5.74, 6) is -1.28. The second-order valence-electron chi connectivity index (χ2n) is 3.79. The van der Waals surface area contributed by atoms with Crippen molar-refractivity contribution in [2.45, 2.75) is 18.8 Å². The normalized spacial score (nSPS) is 18.9. The topological polar surface area (TPSA) is 83.0 Å². The third-order valence-corrected chi connectivity index (χ3v) is 4.18. The number of rotatable bonds is 1. The van der Waals surface area contributed by atoms with E-state index in [-0.39, 0.29) is 5.56 Å². The Morgan fingerprint density at radius 2 is 2.44 bits per heavy atom. The molecule has 0 radical (unpaired) electrons. The summed E-state index contributed by atoms with van der Waals surface area (Å²) < 4.78 is 0. The van der Waals surface area contributed by atoms with Gasteiger partial charge < -0.3 is 10.1 Å². The predicted octanol–water partition coefficient (Wildman–Crippen LogP) is 1.10. The Labute approximate surface area is 93.8 Å². The van der Waals surface area contributed by atoms with Crippen LogP contribution in [-0.4, -0.2) is 21.0 Å². The van der Waals surface area contributed by atoms with Gasteiger partial charge in [-0.1, -0.05) is 0 Å². The largest absolute Gasteiger partial charge is 0.481 e. The summed E-state index contributed by atoms with van der Waals surface area (Å²) in [6, 6.07) is 0. The molecule has 3 rings (SSSR count). The maximum atomic E-state index is 11.6. The molecule has 0 fully saturated rings. The molecule has 0 saturated heterocycles. The number of nitrogens with zero attached hydrogens (tertiary/aromatic N) is 1. The third kappa shape index (κ3) is 1.13. The van der Waals surface area contributed by atoms with Gasteiger partial charge >= 0.3 is 5.97 Å². The van der Waals surface area contributed by atoms with Gasteiger partial charge in [0.05, 0.1) is 17.6 Å². The van der Waals surface area contributed by atoms with E-state index in [1.165, 1.54) is 17.7 Å². The lowest BCUT2D eigenvalue weighted by Crippen LogP contribution is -2.06. The summed E-state index contributed by atoms with van der Waals surface area (Å²) in [7, 11) is 0. The van der Waals surface area contributed by atoms with Crippen molar-refractivity contribution in [3.8, 4) is 0 Å². The summed E-state index contributed by atoms with van der Waals surface area (Å²) in [5, 5.41) is 9.63. The smallest absolute Gasteiger partial charge is 0.311 e. The molecular formula is C10H8N2O3S. The predicted molar refractivity (Wildman–Crippen MR) is 58.9 cm³/mol. The Morgan fingerprint density at radius 3 is 3.19 bits per heavy atom. The van der Waals surface area contributed by atoms with Crippen LogP contribution in [0.25, 0.3) is 10.2 Å². The van der Waals surface area contributed by atoms with E-state index in [4.69, 9.17) is 5.11 Å². The number of carbonyl (C=O) groups is 1. The molecule has 6 heteroatoms. The fraction of sp³-hybridized carbons (Fsp3) is 0.300. The lowest BCUT2D eigenvalue weighted by molar-refractivity contribution is -0.138. The van der Waals surface area contributed by atoms with Crippen LogP contribution in [0, 0.1) is 0 Å². The van der Waals surface area contributed by atoms with Crippen molar-refractivity contribution in [1.29, 1.82) is 0 Å². The molecule has 1 aliphatic carbocycles. The van der Waals surface area contributed by atoms with Crippen LogP contribution in [-0.2, 0) is 11.2 Å². The molecular weight excluding hydrogens is 228 g/mol. The molecule has 2 aromatic heterocycles. The first-order valence-electron chi connectivity index (χ1n) is 4.90. The first kappa shape index (κ1) is 9.53. The van der Waals surface area contributed by atoms with Gasteiger partial charge in [-0.2, -0.15) is 0 Å². The van der Waals surface area contributed by atoms with Gasteiger partial charge in [0, 0.05) is 4.88 Å². The molecule has 82 valence electrons. The quantitative estimate of drug-likeness (QED) is 0.776. The van der Waals surface area contributed by atoms with Crippen LogP contribution in [0.1, 0.15) is 22.8 Å². The number of hydrogen-bond donors (Lipinski definition) is 2. The van der Waals surface area contributed by atoms with Crippen LogP contribution in [0.4, 0.5) is 0 Å². The molecule has 16 heavy (non-hydrogen) atoms. The number of carboxylic acids is 1. The fourth-order valence-corrected chi connectivity index (χ4v) is 3.52. The number of H-pyrrole nitrogens is 1. The van der Waals surface area contributed by atoms with Crippen molar-refractivity contribution in [2.24, 2.45) is 0 Å². The minimum Gasteiger partial charge on any atom is -0.481 e. The van der Waals surface area contributed by atoms with Crippen LogP contribution in [0.5, 0.6) is 0 Å². The maximum Gasteiger partial charge on any atom is 0.311 e. The highest BCUT2D eigenvalue weighted by atomic mass is 32.1. The first-order valence-corrected chi connectivity index (χ1v) is 5.72. The Hall–Kier alpha value is -1.69. The Kier molecular flexibility index (Phi) is 1.88. The second kappa shape index (κ2) is 3.15. The number of aromatic nitrogens is 2. The van der Waals surface area contributed by atoms with Gasteiger partial charge in [-0.05, 0) is 18.4 Å². The molecule has 1 atom stereocenters. The molecule has 2 N–H and O–H groups in total. The zero-order valence-corrected chi connectivity index (χ0v) is 9.00. The summed E-state index contributed by atoms with van der Waals surface area (Å²) in [6.07, 6.45) is 2.59. The van der Waals surface area contributed by atoms with Gasteiger partial charge in [0.15, 0.2) is 0 Å². The molecule has 0 saturated carbocycles. The number of fused-ring (bicyclic) bond motifs is 3. The Balaban J connectivity index is 2.34. The SMILES string of the molecule is O=C(O)C1CCc2c1sc1nc[nH]c(=O)c21.